The third-order valence-electron chi connectivity index (χ3n) is 7.05. The van der Waals surface area contributed by atoms with Crippen molar-refractivity contribution in [3.63, 3.8) is 0 Å². The molecule has 1 aliphatic carbocycles. The van der Waals surface area contributed by atoms with Gasteiger partial charge in [-0.05, 0) is 18.1 Å². The molecule has 0 bridgehead atoms. The number of rotatable bonds is 1. The number of para-hydroxylation sites is 1. The van der Waals surface area contributed by atoms with Crippen molar-refractivity contribution in [2.75, 3.05) is 7.05 Å². The van der Waals surface area contributed by atoms with E-state index in [1.54, 1.807) is 31.2 Å². The van der Waals surface area contributed by atoms with Gasteiger partial charge in [0.25, 0.3) is 11.8 Å². The molecule has 3 heterocycles. The van der Waals surface area contributed by atoms with Gasteiger partial charge in [0.2, 0.25) is 0 Å². The molecule has 1 N–H and O–H groups in total. The van der Waals surface area contributed by atoms with Crippen LogP contribution in [0.5, 0.6) is 5.75 Å². The summed E-state index contributed by atoms with van der Waals surface area (Å²) < 4.78 is 3.53. The number of nitrogens with zero attached hydrogens (tertiary/aromatic N) is 4. The van der Waals surface area contributed by atoms with Crippen LogP contribution >= 0.6 is 23.2 Å². The summed E-state index contributed by atoms with van der Waals surface area (Å²) in [6.45, 7) is 1.78. The van der Waals surface area contributed by atoms with Gasteiger partial charge in [0.05, 0.1) is 12.6 Å². The largest absolute Gasteiger partial charge is 0.507 e. The molecule has 0 unspecified atom stereocenters. The number of hydrogen-bond donors (Lipinski definition) is 1. The maximum Gasteiger partial charge on any atom is 0.347 e. The predicted molar refractivity (Wildman–Crippen MR) is 116 cm³/mol. The zero-order chi connectivity index (χ0) is 23.3. The lowest BCUT2D eigenvalue weighted by atomic mass is 9.64. The number of carbonyl (C=O) groups is 2. The Hall–Kier alpha value is -2.78. The Labute approximate surface area is 192 Å². The van der Waals surface area contributed by atoms with E-state index in [2.05, 4.69) is 0 Å². The maximum absolute atomic E-state index is 13.4. The molecule has 2 fully saturated rings. The third-order valence-corrected chi connectivity index (χ3v) is 8.47. The number of fused-ring (bicyclic) bond motifs is 4. The third kappa shape index (κ3) is 2.20. The number of allylic oxidation sites excluding steroid dienone is 2. The van der Waals surface area contributed by atoms with Crippen molar-refractivity contribution in [3.05, 3.63) is 61.9 Å². The number of hydrogen-bond acceptors (Lipinski definition) is 5. The second-order valence-electron chi connectivity index (χ2n) is 8.60. The number of halogens is 2. The Kier molecular flexibility index (Phi) is 4.21. The summed E-state index contributed by atoms with van der Waals surface area (Å²) >= 11 is 14.0. The Morgan fingerprint density at radius 3 is 2.44 bits per heavy atom. The van der Waals surface area contributed by atoms with E-state index in [0.29, 0.717) is 16.7 Å². The highest BCUT2D eigenvalue weighted by Crippen LogP contribution is 2.64. The van der Waals surface area contributed by atoms with E-state index in [1.165, 1.54) is 23.5 Å². The lowest BCUT2D eigenvalue weighted by Gasteiger charge is -2.49. The number of phenolic OH excluding ortho intramolecular Hbond substituents is 1. The first kappa shape index (κ1) is 21.1. The summed E-state index contributed by atoms with van der Waals surface area (Å²) in [7, 11) is 2.68. The van der Waals surface area contributed by atoms with E-state index in [9.17, 15) is 24.3 Å². The Morgan fingerprint density at radius 1 is 1.06 bits per heavy atom. The fourth-order valence-corrected chi connectivity index (χ4v) is 6.37. The SMILES string of the molecule is Cc1cccc([C@H]2C3=CCn4c(=O)n(C)c(=O)n4[C@@H]3C[C@@]3(Cl)C(=O)N(C)C(=O)[C@@]23Cl)c1O. The van der Waals surface area contributed by atoms with Gasteiger partial charge in [0, 0.05) is 32.0 Å². The first-order valence-electron chi connectivity index (χ1n) is 10.0. The molecule has 32 heavy (non-hydrogen) atoms. The van der Waals surface area contributed by atoms with E-state index in [4.69, 9.17) is 23.2 Å². The Balaban J connectivity index is 1.85. The quantitative estimate of drug-likeness (QED) is 0.373. The molecule has 1 aromatic carbocycles. The van der Waals surface area contributed by atoms with Crippen LogP contribution in [-0.2, 0) is 23.2 Å². The summed E-state index contributed by atoms with van der Waals surface area (Å²) in [6.07, 6.45) is 1.57. The molecule has 168 valence electrons. The van der Waals surface area contributed by atoms with Gasteiger partial charge >= 0.3 is 11.4 Å². The fourth-order valence-electron chi connectivity index (χ4n) is 5.38. The summed E-state index contributed by atoms with van der Waals surface area (Å²) in [6, 6.07) is 4.24. The monoisotopic (exact) mass is 478 g/mol. The molecular formula is C21H20Cl2N4O5. The van der Waals surface area contributed by atoms with Crippen molar-refractivity contribution < 1.29 is 14.7 Å². The maximum atomic E-state index is 13.4. The summed E-state index contributed by atoms with van der Waals surface area (Å²) in [5, 5.41) is 10.9. The van der Waals surface area contributed by atoms with Crippen molar-refractivity contribution in [2.45, 2.75) is 41.6 Å². The number of carbonyl (C=O) groups excluding carboxylic acids is 2. The highest BCUT2D eigenvalue weighted by atomic mass is 35.5. The molecule has 2 aliphatic heterocycles. The molecule has 0 spiro atoms. The Morgan fingerprint density at radius 2 is 1.75 bits per heavy atom. The van der Waals surface area contributed by atoms with Crippen LogP contribution in [0.2, 0.25) is 0 Å². The molecule has 1 saturated heterocycles. The van der Waals surface area contributed by atoms with Gasteiger partial charge in [-0.15, -0.1) is 23.2 Å². The average Bonchev–Trinajstić information content (AvgIpc) is 3.06. The molecule has 9 nitrogen and oxygen atoms in total. The molecule has 0 radical (unpaired) electrons. The zero-order valence-corrected chi connectivity index (χ0v) is 19.0. The van der Waals surface area contributed by atoms with E-state index in [0.717, 1.165) is 9.47 Å². The lowest BCUT2D eigenvalue weighted by Crippen LogP contribution is -2.59. The van der Waals surface area contributed by atoms with Crippen LogP contribution in [0.4, 0.5) is 0 Å². The number of alkyl halides is 2. The van der Waals surface area contributed by atoms with Gasteiger partial charge in [-0.3, -0.25) is 14.5 Å². The highest BCUT2D eigenvalue weighted by Gasteiger charge is 2.75. The molecule has 2 aromatic rings. The standard InChI is InChI=1S/C21H20Cl2N4O5/c1-10-5-4-6-12(15(10)28)14-11-7-8-26-18(31)25(3)19(32)27(26)13(11)9-20(22)16(29)24(2)17(30)21(14,20)23/h4-7,13-14,28H,8-9H2,1-3H3/t13-,14-,20-,21+/m1/s1. The highest BCUT2D eigenvalue weighted by molar-refractivity contribution is 6.53. The minimum absolute atomic E-state index is 0.0729. The first-order chi connectivity index (χ1) is 15.0. The van der Waals surface area contributed by atoms with Crippen molar-refractivity contribution in [1.82, 2.24) is 18.8 Å². The number of benzene rings is 1. The Bertz CT molecular complexity index is 1370. The van der Waals surface area contributed by atoms with E-state index >= 15 is 0 Å². The normalized spacial score (nSPS) is 31.3. The van der Waals surface area contributed by atoms with Gasteiger partial charge in [0.15, 0.2) is 9.75 Å². The zero-order valence-electron chi connectivity index (χ0n) is 17.5. The van der Waals surface area contributed by atoms with E-state index in [1.807, 2.05) is 0 Å². The molecule has 11 heteroatoms. The van der Waals surface area contributed by atoms with Gasteiger partial charge in [-0.1, -0.05) is 24.3 Å². The molecule has 2 amide bonds. The van der Waals surface area contributed by atoms with Crippen LogP contribution in [0.3, 0.4) is 0 Å². The fraction of sp³-hybridized carbons (Fsp3) is 0.429. The second kappa shape index (κ2) is 6.39. The van der Waals surface area contributed by atoms with Crippen molar-refractivity contribution in [1.29, 1.82) is 0 Å². The van der Waals surface area contributed by atoms with Crippen LogP contribution in [0.1, 0.15) is 29.5 Å². The second-order valence-corrected chi connectivity index (χ2v) is 9.84. The van der Waals surface area contributed by atoms with Crippen LogP contribution in [0.25, 0.3) is 0 Å². The number of imide groups is 1. The minimum Gasteiger partial charge on any atom is -0.507 e. The lowest BCUT2D eigenvalue weighted by molar-refractivity contribution is -0.137. The van der Waals surface area contributed by atoms with Gasteiger partial charge in [-0.25, -0.2) is 23.5 Å². The number of phenols is 1. The average molecular weight is 479 g/mol. The van der Waals surface area contributed by atoms with E-state index < -0.39 is 44.9 Å². The topological polar surface area (TPSA) is 107 Å². The summed E-state index contributed by atoms with van der Waals surface area (Å²) in [5.74, 6) is -2.43. The van der Waals surface area contributed by atoms with E-state index in [-0.39, 0.29) is 18.7 Å². The smallest absolute Gasteiger partial charge is 0.347 e. The number of likely N-dealkylation sites (tertiary alicyclic amines) is 1. The van der Waals surface area contributed by atoms with Crippen LogP contribution in [0.15, 0.2) is 39.4 Å². The van der Waals surface area contributed by atoms with Crippen LogP contribution in [0, 0.1) is 6.92 Å². The first-order valence-corrected chi connectivity index (χ1v) is 10.8. The van der Waals surface area contributed by atoms with Gasteiger partial charge in [0.1, 0.15) is 5.75 Å². The van der Waals surface area contributed by atoms with Crippen LogP contribution < -0.4 is 11.4 Å². The molecule has 1 aromatic heterocycles. The van der Waals surface area contributed by atoms with Gasteiger partial charge in [-0.2, -0.15) is 0 Å². The number of aromatic hydroxyl groups is 1. The summed E-state index contributed by atoms with van der Waals surface area (Å²) in [5.41, 5.74) is 0.377. The number of amides is 2. The molecular weight excluding hydrogens is 459 g/mol. The van der Waals surface area contributed by atoms with Gasteiger partial charge < -0.3 is 5.11 Å². The van der Waals surface area contributed by atoms with Crippen molar-refractivity contribution >= 4 is 35.0 Å². The molecule has 5 rings (SSSR count). The number of aryl methyl sites for hydroxylation is 1. The minimum atomic E-state index is -1.92. The molecule has 4 atom stereocenters. The molecule has 3 aliphatic rings. The van der Waals surface area contributed by atoms with Crippen molar-refractivity contribution in [3.8, 4) is 5.75 Å². The van der Waals surface area contributed by atoms with Crippen molar-refractivity contribution in [2.24, 2.45) is 7.05 Å². The predicted octanol–water partition coefficient (Wildman–Crippen LogP) is 0.985. The molecule has 1 saturated carbocycles. The summed E-state index contributed by atoms with van der Waals surface area (Å²) in [4.78, 5) is 49.1. The number of aromatic nitrogens is 3. The van der Waals surface area contributed by atoms with Crippen LogP contribution in [-0.4, -0.2) is 52.5 Å².